The number of methoxy groups -OCH3 is 2. The first kappa shape index (κ1) is 14.3. The lowest BCUT2D eigenvalue weighted by Crippen LogP contribution is -2.54. The highest BCUT2D eigenvalue weighted by Crippen LogP contribution is 2.17. The molecular weight excluding hydrogens is 232 g/mol. The summed E-state index contributed by atoms with van der Waals surface area (Å²) < 4.78 is 14.9. The molecule has 0 aromatic rings. The highest BCUT2D eigenvalue weighted by atomic mass is 28.4. The van der Waals surface area contributed by atoms with E-state index in [1.54, 1.807) is 26.2 Å². The topological polar surface area (TPSA) is 61.8 Å². The number of hydrogen-bond acceptors (Lipinski definition) is 5. The Morgan fingerprint density at radius 3 is 1.27 bits per heavy atom. The minimum absolute atomic E-state index is 0.369. The SMILES string of the molecule is COC(=O)[Si](C)(C)O[Si](C)(C)C(=O)OC. The van der Waals surface area contributed by atoms with Gasteiger partial charge in [0, 0.05) is 0 Å². The summed E-state index contributed by atoms with van der Waals surface area (Å²) in [4.78, 5) is 22.8. The van der Waals surface area contributed by atoms with E-state index in [-0.39, 0.29) is 11.2 Å². The second-order valence-corrected chi connectivity index (χ2v) is 11.8. The van der Waals surface area contributed by atoms with Crippen molar-refractivity contribution in [3.05, 3.63) is 0 Å². The summed E-state index contributed by atoms with van der Waals surface area (Å²) >= 11 is 0. The Morgan fingerprint density at radius 2 is 1.07 bits per heavy atom. The van der Waals surface area contributed by atoms with E-state index in [4.69, 9.17) is 4.12 Å². The molecule has 0 heterocycles. The monoisotopic (exact) mass is 250 g/mol. The first-order chi connectivity index (χ1) is 6.67. The van der Waals surface area contributed by atoms with Crippen LogP contribution in [0.4, 0.5) is 9.59 Å². The van der Waals surface area contributed by atoms with Gasteiger partial charge < -0.3 is 13.6 Å². The number of hydrogen-bond donors (Lipinski definition) is 0. The van der Waals surface area contributed by atoms with Crippen LogP contribution in [0.25, 0.3) is 0 Å². The van der Waals surface area contributed by atoms with Crippen LogP contribution in [0.2, 0.25) is 26.2 Å². The van der Waals surface area contributed by atoms with E-state index in [0.717, 1.165) is 0 Å². The number of carbonyl (C=O) groups excluding carboxylic acids is 2. The molecule has 0 saturated heterocycles. The van der Waals surface area contributed by atoms with Gasteiger partial charge in [-0.25, -0.2) is 0 Å². The van der Waals surface area contributed by atoms with Crippen LogP contribution >= 0.6 is 0 Å². The second kappa shape index (κ2) is 4.91. The smallest absolute Gasteiger partial charge is 0.302 e. The standard InChI is InChI=1S/C8H18O5Si2/c1-11-7(9)14(3,4)13-15(5,6)8(10)12-2/h1-6H3. The Labute approximate surface area is 92.0 Å². The fourth-order valence-corrected chi connectivity index (χ4v) is 7.97. The van der Waals surface area contributed by atoms with Crippen LogP contribution in [-0.2, 0) is 13.6 Å². The molecule has 15 heavy (non-hydrogen) atoms. The van der Waals surface area contributed by atoms with E-state index in [0.29, 0.717) is 0 Å². The average molecular weight is 250 g/mol. The molecule has 0 spiro atoms. The van der Waals surface area contributed by atoms with Gasteiger partial charge >= 0.3 is 27.8 Å². The first-order valence-corrected chi connectivity index (χ1v) is 10.4. The summed E-state index contributed by atoms with van der Waals surface area (Å²) in [5.41, 5.74) is -0.737. The normalized spacial score (nSPS) is 12.1. The molecule has 0 bridgehead atoms. The van der Waals surface area contributed by atoms with Crippen molar-refractivity contribution >= 4 is 27.8 Å². The van der Waals surface area contributed by atoms with Gasteiger partial charge in [-0.15, -0.1) is 0 Å². The van der Waals surface area contributed by atoms with E-state index in [2.05, 4.69) is 9.47 Å². The summed E-state index contributed by atoms with van der Waals surface area (Å²) in [7, 11) is -2.62. The van der Waals surface area contributed by atoms with Gasteiger partial charge in [-0.05, 0) is 26.2 Å². The third kappa shape index (κ3) is 3.76. The van der Waals surface area contributed by atoms with E-state index < -0.39 is 16.6 Å². The Balaban J connectivity index is 4.71. The van der Waals surface area contributed by atoms with Crippen molar-refractivity contribution in [3.8, 4) is 0 Å². The average Bonchev–Trinajstić information content (AvgIpc) is 2.13. The molecule has 5 nitrogen and oxygen atoms in total. The van der Waals surface area contributed by atoms with Gasteiger partial charge in [0.25, 0.3) is 0 Å². The highest BCUT2D eigenvalue weighted by Gasteiger charge is 2.45. The lowest BCUT2D eigenvalue weighted by atomic mass is 11.5. The van der Waals surface area contributed by atoms with Gasteiger partial charge in [0.1, 0.15) is 0 Å². The van der Waals surface area contributed by atoms with Crippen molar-refractivity contribution in [1.29, 1.82) is 0 Å². The fourth-order valence-electron chi connectivity index (χ4n) is 1.21. The lowest BCUT2D eigenvalue weighted by molar-refractivity contribution is 0.187. The molecule has 7 heteroatoms. The molecule has 0 saturated carbocycles. The summed E-state index contributed by atoms with van der Waals surface area (Å²) in [5, 5.41) is 0. The van der Waals surface area contributed by atoms with Crippen LogP contribution in [0.3, 0.4) is 0 Å². The lowest BCUT2D eigenvalue weighted by Gasteiger charge is -2.28. The predicted octanol–water partition coefficient (Wildman–Crippen LogP) is 2.11. The van der Waals surface area contributed by atoms with Crippen LogP contribution in [0.1, 0.15) is 0 Å². The molecule has 0 unspecified atom stereocenters. The Bertz CT molecular complexity index is 236. The number of ether oxygens (including phenoxy) is 2. The molecule has 0 fully saturated rings. The third-order valence-electron chi connectivity index (χ3n) is 1.86. The molecule has 0 rings (SSSR count). The molecule has 0 aliphatic rings. The largest absolute Gasteiger partial charge is 0.471 e. The molecule has 0 aromatic heterocycles. The van der Waals surface area contributed by atoms with E-state index in [9.17, 15) is 9.59 Å². The van der Waals surface area contributed by atoms with Crippen LogP contribution in [0.15, 0.2) is 0 Å². The first-order valence-electron chi connectivity index (χ1n) is 4.54. The fraction of sp³-hybridized carbons (Fsp3) is 0.750. The van der Waals surface area contributed by atoms with E-state index in [1.807, 2.05) is 0 Å². The van der Waals surface area contributed by atoms with Gasteiger partial charge in [-0.1, -0.05) is 0 Å². The Hall–Kier alpha value is -0.666. The van der Waals surface area contributed by atoms with Crippen LogP contribution in [-0.4, -0.2) is 42.0 Å². The summed E-state index contributed by atoms with van der Waals surface area (Å²) in [6, 6.07) is 0. The van der Waals surface area contributed by atoms with Crippen molar-refractivity contribution in [2.45, 2.75) is 26.2 Å². The van der Waals surface area contributed by atoms with E-state index in [1.165, 1.54) is 14.2 Å². The van der Waals surface area contributed by atoms with Crippen LogP contribution < -0.4 is 0 Å². The van der Waals surface area contributed by atoms with Crippen molar-refractivity contribution in [2.24, 2.45) is 0 Å². The van der Waals surface area contributed by atoms with Crippen LogP contribution in [0, 0.1) is 0 Å². The van der Waals surface area contributed by atoms with Gasteiger partial charge in [-0.2, -0.15) is 0 Å². The maximum atomic E-state index is 11.4. The van der Waals surface area contributed by atoms with Crippen molar-refractivity contribution < 1.29 is 23.2 Å². The highest BCUT2D eigenvalue weighted by molar-refractivity contribution is 7.09. The second-order valence-electron chi connectivity index (χ2n) is 4.11. The zero-order valence-electron chi connectivity index (χ0n) is 10.0. The predicted molar refractivity (Wildman–Crippen MR) is 60.9 cm³/mol. The quantitative estimate of drug-likeness (QED) is 0.715. The van der Waals surface area contributed by atoms with Gasteiger partial charge in [0.05, 0.1) is 14.2 Å². The summed E-state index contributed by atoms with van der Waals surface area (Å²) in [5.74, 6) is 0. The van der Waals surface area contributed by atoms with Crippen molar-refractivity contribution in [2.75, 3.05) is 14.2 Å². The summed E-state index contributed by atoms with van der Waals surface area (Å²) in [6.07, 6.45) is 0. The zero-order valence-corrected chi connectivity index (χ0v) is 12.0. The maximum absolute atomic E-state index is 11.4. The molecule has 0 amide bonds. The van der Waals surface area contributed by atoms with Gasteiger partial charge in [0.15, 0.2) is 0 Å². The molecule has 0 atom stereocenters. The molecule has 88 valence electrons. The molecule has 0 aliphatic carbocycles. The van der Waals surface area contributed by atoms with Gasteiger partial charge in [0.2, 0.25) is 0 Å². The van der Waals surface area contributed by atoms with Crippen LogP contribution in [0.5, 0.6) is 0 Å². The number of rotatable bonds is 4. The molecule has 0 aliphatic heterocycles. The number of carbonyl (C=O) groups is 2. The zero-order chi connectivity index (χ0) is 12.3. The Morgan fingerprint density at radius 1 is 0.800 bits per heavy atom. The molecule has 0 N–H and O–H groups in total. The molecule has 0 radical (unpaired) electrons. The van der Waals surface area contributed by atoms with Crippen molar-refractivity contribution in [1.82, 2.24) is 0 Å². The Kier molecular flexibility index (Phi) is 4.69. The maximum Gasteiger partial charge on any atom is 0.302 e. The van der Waals surface area contributed by atoms with Crippen molar-refractivity contribution in [3.63, 3.8) is 0 Å². The molecule has 0 aromatic carbocycles. The van der Waals surface area contributed by atoms with Gasteiger partial charge in [-0.3, -0.25) is 9.59 Å². The van der Waals surface area contributed by atoms with E-state index >= 15 is 0 Å². The minimum Gasteiger partial charge on any atom is -0.471 e. The summed E-state index contributed by atoms with van der Waals surface area (Å²) in [6.45, 7) is 6.82. The third-order valence-corrected chi connectivity index (χ3v) is 8.32. The molecular formula is C8H18O5Si2. The minimum atomic E-state index is -2.62.